The van der Waals surface area contributed by atoms with Gasteiger partial charge in [-0.25, -0.2) is 4.98 Å². The topological polar surface area (TPSA) is 108 Å². The first-order chi connectivity index (χ1) is 14.4. The average molecular weight is 423 g/mol. The number of thiazole rings is 1. The van der Waals surface area contributed by atoms with Gasteiger partial charge in [-0.1, -0.05) is 23.5 Å². The van der Waals surface area contributed by atoms with Crippen molar-refractivity contribution in [3.05, 3.63) is 81.3 Å². The highest BCUT2D eigenvalue weighted by Gasteiger charge is 2.17. The van der Waals surface area contributed by atoms with Crippen LogP contribution in [0.1, 0.15) is 27.4 Å². The molecule has 1 N–H and O–H groups in total. The first kappa shape index (κ1) is 19.6. The van der Waals surface area contributed by atoms with Gasteiger partial charge < -0.3 is 9.15 Å². The third-order valence-corrected chi connectivity index (χ3v) is 5.26. The Labute approximate surface area is 175 Å². The minimum atomic E-state index is -0.497. The molecule has 2 heterocycles. The summed E-state index contributed by atoms with van der Waals surface area (Å²) in [4.78, 5) is 27.5. The molecule has 0 spiro atoms. The number of rotatable bonds is 6. The Balaban J connectivity index is 1.43. The Hall–Kier alpha value is -3.72. The van der Waals surface area contributed by atoms with Gasteiger partial charge in [-0.05, 0) is 55.3 Å². The molecule has 152 valence electrons. The molecule has 0 aliphatic rings. The molecule has 0 radical (unpaired) electrons. The quantitative estimate of drug-likeness (QED) is 0.335. The van der Waals surface area contributed by atoms with Gasteiger partial charge in [0, 0.05) is 6.07 Å². The van der Waals surface area contributed by atoms with Crippen molar-refractivity contribution in [1.29, 1.82) is 0 Å². The van der Waals surface area contributed by atoms with E-state index in [1.54, 1.807) is 25.1 Å². The Morgan fingerprint density at radius 3 is 2.73 bits per heavy atom. The van der Waals surface area contributed by atoms with E-state index in [1.807, 2.05) is 25.1 Å². The zero-order valence-electron chi connectivity index (χ0n) is 16.2. The number of aromatic nitrogens is 1. The summed E-state index contributed by atoms with van der Waals surface area (Å²) in [5.74, 6) is 0.175. The van der Waals surface area contributed by atoms with Crippen molar-refractivity contribution in [3.63, 3.8) is 0 Å². The van der Waals surface area contributed by atoms with Crippen molar-refractivity contribution >= 4 is 38.3 Å². The van der Waals surface area contributed by atoms with Crippen LogP contribution in [-0.2, 0) is 6.61 Å². The summed E-state index contributed by atoms with van der Waals surface area (Å²) in [6.07, 6.45) is 0. The number of anilines is 1. The number of fused-ring (bicyclic) bond motifs is 1. The summed E-state index contributed by atoms with van der Waals surface area (Å²) in [6, 6.07) is 13.7. The maximum absolute atomic E-state index is 12.5. The number of nitrogens with one attached hydrogen (secondary N) is 1. The van der Waals surface area contributed by atoms with E-state index in [2.05, 4.69) is 10.3 Å². The molecule has 0 bridgehead atoms. The van der Waals surface area contributed by atoms with E-state index in [1.165, 1.54) is 23.5 Å². The minimum Gasteiger partial charge on any atom is -0.479 e. The standard InChI is InChI=1S/C21H17N3O5S/c1-12-4-7-17(16(9-12)24(26)27)28-11-14-5-8-18(29-14)20(25)23-21-22-15-6-3-13(2)10-19(15)30-21/h3-10H,11H2,1-2H3,(H,22,23,25). The number of carbonyl (C=O) groups is 1. The maximum atomic E-state index is 12.5. The zero-order valence-corrected chi connectivity index (χ0v) is 17.0. The predicted octanol–water partition coefficient (Wildman–Crippen LogP) is 5.25. The van der Waals surface area contributed by atoms with Gasteiger partial charge in [0.25, 0.3) is 5.91 Å². The second kappa shape index (κ2) is 7.96. The van der Waals surface area contributed by atoms with Crippen molar-refractivity contribution in [1.82, 2.24) is 4.98 Å². The zero-order chi connectivity index (χ0) is 21.3. The van der Waals surface area contributed by atoms with Crippen LogP contribution in [0.2, 0.25) is 0 Å². The summed E-state index contributed by atoms with van der Waals surface area (Å²) in [6.45, 7) is 3.72. The number of hydrogen-bond donors (Lipinski definition) is 1. The highest BCUT2D eigenvalue weighted by molar-refractivity contribution is 7.22. The number of nitro benzene ring substituents is 1. The van der Waals surface area contributed by atoms with Crippen molar-refractivity contribution in [2.24, 2.45) is 0 Å². The minimum absolute atomic E-state index is 0.0441. The SMILES string of the molecule is Cc1ccc(OCc2ccc(C(=O)Nc3nc4ccc(C)cc4s3)o2)c([N+](=O)[O-])c1. The highest BCUT2D eigenvalue weighted by Crippen LogP contribution is 2.29. The number of aryl methyl sites for hydroxylation is 2. The fourth-order valence-electron chi connectivity index (χ4n) is 2.86. The smallest absolute Gasteiger partial charge is 0.311 e. The molecule has 0 unspecified atom stereocenters. The number of nitro groups is 1. The van der Waals surface area contributed by atoms with E-state index in [4.69, 9.17) is 9.15 Å². The lowest BCUT2D eigenvalue weighted by Gasteiger charge is -2.05. The molecule has 0 saturated heterocycles. The lowest BCUT2D eigenvalue weighted by molar-refractivity contribution is -0.386. The molecule has 0 atom stereocenters. The first-order valence-electron chi connectivity index (χ1n) is 9.04. The van der Waals surface area contributed by atoms with Crippen LogP contribution >= 0.6 is 11.3 Å². The van der Waals surface area contributed by atoms with Gasteiger partial charge in [-0.3, -0.25) is 20.2 Å². The van der Waals surface area contributed by atoms with Gasteiger partial charge in [0.15, 0.2) is 16.6 Å². The van der Waals surface area contributed by atoms with Crippen molar-refractivity contribution in [2.75, 3.05) is 5.32 Å². The van der Waals surface area contributed by atoms with Crippen LogP contribution in [0.3, 0.4) is 0 Å². The van der Waals surface area contributed by atoms with Crippen LogP contribution in [-0.4, -0.2) is 15.8 Å². The number of ether oxygens (including phenoxy) is 1. The summed E-state index contributed by atoms with van der Waals surface area (Å²) in [5, 5.41) is 14.4. The van der Waals surface area contributed by atoms with Crippen molar-refractivity contribution < 1.29 is 18.9 Å². The monoisotopic (exact) mass is 423 g/mol. The van der Waals surface area contributed by atoms with Crippen LogP contribution in [0.4, 0.5) is 10.8 Å². The van der Waals surface area contributed by atoms with Crippen LogP contribution in [0.15, 0.2) is 52.9 Å². The van der Waals surface area contributed by atoms with Crippen LogP contribution in [0.25, 0.3) is 10.2 Å². The predicted molar refractivity (Wildman–Crippen MR) is 113 cm³/mol. The van der Waals surface area contributed by atoms with Crippen molar-refractivity contribution in [2.45, 2.75) is 20.5 Å². The van der Waals surface area contributed by atoms with E-state index >= 15 is 0 Å². The number of amides is 1. The summed E-state index contributed by atoms with van der Waals surface area (Å²) in [5.41, 5.74) is 2.57. The maximum Gasteiger partial charge on any atom is 0.311 e. The average Bonchev–Trinajstić information content (AvgIpc) is 3.33. The molecule has 2 aromatic carbocycles. The van der Waals surface area contributed by atoms with Gasteiger partial charge in [0.1, 0.15) is 12.4 Å². The van der Waals surface area contributed by atoms with E-state index < -0.39 is 10.8 Å². The van der Waals surface area contributed by atoms with E-state index in [9.17, 15) is 14.9 Å². The van der Waals surface area contributed by atoms with Gasteiger partial charge in [-0.2, -0.15) is 0 Å². The third-order valence-electron chi connectivity index (χ3n) is 4.33. The molecule has 0 aliphatic carbocycles. The highest BCUT2D eigenvalue weighted by atomic mass is 32.1. The van der Waals surface area contributed by atoms with Crippen LogP contribution in [0, 0.1) is 24.0 Å². The van der Waals surface area contributed by atoms with Gasteiger partial charge in [-0.15, -0.1) is 0 Å². The molecule has 2 aromatic heterocycles. The molecule has 30 heavy (non-hydrogen) atoms. The van der Waals surface area contributed by atoms with Gasteiger partial charge in [0.05, 0.1) is 15.1 Å². The number of carbonyl (C=O) groups excluding carboxylic acids is 1. The molecule has 0 aliphatic heterocycles. The van der Waals surface area contributed by atoms with Gasteiger partial charge in [0.2, 0.25) is 0 Å². The molecular formula is C21H17N3O5S. The first-order valence-corrected chi connectivity index (χ1v) is 9.86. The second-order valence-corrected chi connectivity index (χ2v) is 7.76. The molecule has 0 fully saturated rings. The number of nitrogens with zero attached hydrogens (tertiary/aromatic N) is 2. The van der Waals surface area contributed by atoms with E-state index in [0.717, 1.165) is 21.3 Å². The summed E-state index contributed by atoms with van der Waals surface area (Å²) < 4.78 is 12.0. The number of hydrogen-bond acceptors (Lipinski definition) is 7. The Kier molecular flexibility index (Phi) is 5.20. The van der Waals surface area contributed by atoms with Gasteiger partial charge >= 0.3 is 5.69 Å². The number of furan rings is 1. The molecular weight excluding hydrogens is 406 g/mol. The molecule has 1 amide bonds. The normalized spacial score (nSPS) is 10.9. The lowest BCUT2D eigenvalue weighted by Crippen LogP contribution is -2.10. The van der Waals surface area contributed by atoms with E-state index in [-0.39, 0.29) is 23.8 Å². The molecule has 8 nitrogen and oxygen atoms in total. The van der Waals surface area contributed by atoms with Crippen molar-refractivity contribution in [3.8, 4) is 5.75 Å². The summed E-state index contributed by atoms with van der Waals surface area (Å²) >= 11 is 1.38. The molecule has 0 saturated carbocycles. The fourth-order valence-corrected chi connectivity index (χ4v) is 3.82. The third kappa shape index (κ3) is 4.15. The lowest BCUT2D eigenvalue weighted by atomic mass is 10.2. The van der Waals surface area contributed by atoms with Crippen LogP contribution in [0.5, 0.6) is 5.75 Å². The van der Waals surface area contributed by atoms with Crippen LogP contribution < -0.4 is 10.1 Å². The van der Waals surface area contributed by atoms with E-state index in [0.29, 0.717) is 10.9 Å². The Morgan fingerprint density at radius 1 is 1.17 bits per heavy atom. The Morgan fingerprint density at radius 2 is 1.93 bits per heavy atom. The molecule has 9 heteroatoms. The summed E-state index contributed by atoms with van der Waals surface area (Å²) in [7, 11) is 0. The number of benzene rings is 2. The Bertz CT molecular complexity index is 1260. The fraction of sp³-hybridized carbons (Fsp3) is 0.143. The molecule has 4 rings (SSSR count). The second-order valence-electron chi connectivity index (χ2n) is 6.73. The largest absolute Gasteiger partial charge is 0.479 e. The molecule has 4 aromatic rings.